The Hall–Kier alpha value is -1.62. The molecule has 1 rings (SSSR count). The molecular weight excluding hydrogens is 322 g/mol. The van der Waals surface area contributed by atoms with Crippen molar-refractivity contribution in [3.8, 4) is 5.75 Å². The molecule has 0 heterocycles. The molecule has 0 atom stereocenters. The monoisotopic (exact) mass is 323 g/mol. The highest BCUT2D eigenvalue weighted by Crippen LogP contribution is 2.36. The normalized spacial score (nSPS) is 12.3. The summed E-state index contributed by atoms with van der Waals surface area (Å²) >= 11 is 0. The Morgan fingerprint density at radius 3 is 2.21 bits per heavy atom. The van der Waals surface area contributed by atoms with E-state index in [1.165, 1.54) is 0 Å². The number of hydrogen-bond donors (Lipinski definition) is 0. The van der Waals surface area contributed by atoms with Crippen LogP contribution in [0, 0.1) is 15.9 Å². The summed E-state index contributed by atoms with van der Waals surface area (Å²) in [5.74, 6) is -3.64. The smallest absolute Gasteiger partial charge is 0.401 e. The number of alkyl halides is 3. The van der Waals surface area contributed by atoms with E-state index in [0.717, 1.165) is 0 Å². The van der Waals surface area contributed by atoms with Crippen LogP contribution in [-0.4, -0.2) is 19.7 Å². The summed E-state index contributed by atoms with van der Waals surface area (Å²) in [5.41, 5.74) is -1.09. The Morgan fingerprint density at radius 1 is 1.32 bits per heavy atom. The van der Waals surface area contributed by atoms with Crippen molar-refractivity contribution in [2.45, 2.75) is 11.3 Å². The van der Waals surface area contributed by atoms with Gasteiger partial charge in [-0.05, 0) is 0 Å². The summed E-state index contributed by atoms with van der Waals surface area (Å²) in [6, 6.07) is 0.235. The van der Waals surface area contributed by atoms with E-state index in [1.54, 1.807) is 0 Å². The molecule has 0 aliphatic carbocycles. The number of nitro benzene ring substituents is 1. The van der Waals surface area contributed by atoms with Crippen molar-refractivity contribution < 1.29 is 35.6 Å². The minimum atomic E-state index is -5.40. The largest absolute Gasteiger partial charge is 0.573 e. The van der Waals surface area contributed by atoms with Crippen LogP contribution in [0.1, 0.15) is 0 Å². The lowest BCUT2D eigenvalue weighted by Crippen LogP contribution is -2.19. The lowest BCUT2D eigenvalue weighted by Gasteiger charge is -2.12. The number of halogens is 5. The maximum atomic E-state index is 13.3. The van der Waals surface area contributed by atoms with Crippen LogP contribution in [0.4, 0.5) is 23.2 Å². The first-order valence-electron chi connectivity index (χ1n) is 4.10. The zero-order chi connectivity index (χ0) is 15.0. The topological polar surface area (TPSA) is 86.5 Å². The van der Waals surface area contributed by atoms with Crippen LogP contribution in [0.5, 0.6) is 5.75 Å². The molecule has 0 amide bonds. The molecule has 0 fully saturated rings. The molecule has 0 aromatic heterocycles. The van der Waals surface area contributed by atoms with Crippen molar-refractivity contribution in [3.05, 3.63) is 28.1 Å². The van der Waals surface area contributed by atoms with Gasteiger partial charge in [0.25, 0.3) is 14.7 Å². The number of non-ortho nitro benzene ring substituents is 1. The fourth-order valence-electron chi connectivity index (χ4n) is 1.06. The Bertz CT molecular complexity index is 629. The van der Waals surface area contributed by atoms with Crippen molar-refractivity contribution in [2.75, 3.05) is 0 Å². The predicted molar refractivity (Wildman–Crippen MR) is 52.8 cm³/mol. The summed E-state index contributed by atoms with van der Waals surface area (Å²) in [4.78, 5) is 7.68. The summed E-state index contributed by atoms with van der Waals surface area (Å²) in [6.45, 7) is 0. The summed E-state index contributed by atoms with van der Waals surface area (Å²) in [6.07, 6.45) is -5.40. The van der Waals surface area contributed by atoms with Gasteiger partial charge >= 0.3 is 6.36 Å². The van der Waals surface area contributed by atoms with E-state index in [0.29, 0.717) is 0 Å². The summed E-state index contributed by atoms with van der Waals surface area (Å²) in [7, 11) is -0.105. The van der Waals surface area contributed by atoms with Gasteiger partial charge < -0.3 is 4.74 Å². The highest BCUT2D eigenvalue weighted by atomic mass is 35.7. The van der Waals surface area contributed by atoms with Crippen LogP contribution in [0.3, 0.4) is 0 Å². The van der Waals surface area contributed by atoms with Crippen molar-refractivity contribution in [1.29, 1.82) is 0 Å². The van der Waals surface area contributed by atoms with Crippen molar-refractivity contribution in [1.82, 2.24) is 0 Å². The highest BCUT2D eigenvalue weighted by Gasteiger charge is 2.36. The van der Waals surface area contributed by atoms with Gasteiger partial charge in [-0.1, -0.05) is 0 Å². The number of rotatable bonds is 3. The highest BCUT2D eigenvalue weighted by molar-refractivity contribution is 8.13. The van der Waals surface area contributed by atoms with Crippen LogP contribution < -0.4 is 4.74 Å². The zero-order valence-electron chi connectivity index (χ0n) is 8.44. The van der Waals surface area contributed by atoms with Gasteiger partial charge in [-0.3, -0.25) is 10.1 Å². The third-order valence-electron chi connectivity index (χ3n) is 1.69. The van der Waals surface area contributed by atoms with Gasteiger partial charge in [0, 0.05) is 16.7 Å². The molecular formula is C7H2ClF4NO5S. The van der Waals surface area contributed by atoms with Gasteiger partial charge in [0.05, 0.1) is 11.0 Å². The van der Waals surface area contributed by atoms with Gasteiger partial charge in [-0.2, -0.15) is 0 Å². The third-order valence-corrected chi connectivity index (χ3v) is 3.01. The van der Waals surface area contributed by atoms with Gasteiger partial charge in [0.15, 0.2) is 11.6 Å². The average Bonchev–Trinajstić information content (AvgIpc) is 2.16. The molecule has 0 N–H and O–H groups in total. The van der Waals surface area contributed by atoms with E-state index < -0.39 is 42.5 Å². The number of hydrogen-bond acceptors (Lipinski definition) is 5. The maximum Gasteiger partial charge on any atom is 0.573 e. The second-order valence-corrected chi connectivity index (χ2v) is 5.53. The third kappa shape index (κ3) is 3.92. The predicted octanol–water partition coefficient (Wildman–Crippen LogP) is 2.56. The Balaban J connectivity index is 3.58. The molecule has 0 saturated heterocycles. The summed E-state index contributed by atoms with van der Waals surface area (Å²) in [5, 5.41) is 10.4. The van der Waals surface area contributed by atoms with Crippen LogP contribution >= 0.6 is 10.7 Å². The molecule has 0 aliphatic rings. The first kappa shape index (κ1) is 15.4. The molecule has 0 saturated carbocycles. The molecule has 1 aromatic carbocycles. The van der Waals surface area contributed by atoms with Crippen LogP contribution in [0.15, 0.2) is 17.0 Å². The molecule has 0 spiro atoms. The maximum absolute atomic E-state index is 13.3. The first-order valence-corrected chi connectivity index (χ1v) is 6.41. The molecule has 0 bridgehead atoms. The molecule has 6 nitrogen and oxygen atoms in total. The number of nitrogens with zero attached hydrogens (tertiary/aromatic N) is 1. The van der Waals surface area contributed by atoms with Crippen LogP contribution in [0.2, 0.25) is 0 Å². The Morgan fingerprint density at radius 2 is 1.84 bits per heavy atom. The van der Waals surface area contributed by atoms with E-state index in [4.69, 9.17) is 10.7 Å². The van der Waals surface area contributed by atoms with E-state index >= 15 is 0 Å². The fraction of sp³-hybridized carbons (Fsp3) is 0.143. The standard InChI is InChI=1S/C7H2ClF4NO5S/c8-19(16,17)5-2-3(13(14)15)1-4(9)6(5)18-7(10,11)12/h1-2H. The molecule has 0 unspecified atom stereocenters. The van der Waals surface area contributed by atoms with Gasteiger partial charge in [0.1, 0.15) is 4.90 Å². The molecule has 1 aromatic rings. The minimum absolute atomic E-state index is 0.0760. The molecule has 0 aliphatic heterocycles. The van der Waals surface area contributed by atoms with Crippen LogP contribution in [-0.2, 0) is 9.05 Å². The quantitative estimate of drug-likeness (QED) is 0.369. The van der Waals surface area contributed by atoms with Gasteiger partial charge in [-0.25, -0.2) is 12.8 Å². The number of benzene rings is 1. The second-order valence-electron chi connectivity index (χ2n) is 3.00. The zero-order valence-corrected chi connectivity index (χ0v) is 10.0. The molecule has 19 heavy (non-hydrogen) atoms. The van der Waals surface area contributed by atoms with Crippen molar-refractivity contribution in [2.24, 2.45) is 0 Å². The number of ether oxygens (including phenoxy) is 1. The lowest BCUT2D eigenvalue weighted by atomic mass is 10.3. The Kier molecular flexibility index (Phi) is 3.91. The molecule has 106 valence electrons. The SMILES string of the molecule is O=[N+]([O-])c1cc(F)c(OC(F)(F)F)c(S(=O)(=O)Cl)c1. The Labute approximate surface area is 107 Å². The molecule has 12 heteroatoms. The van der Waals surface area contributed by atoms with Gasteiger partial charge in [-0.15, -0.1) is 13.2 Å². The lowest BCUT2D eigenvalue weighted by molar-refractivity contribution is -0.385. The van der Waals surface area contributed by atoms with Crippen molar-refractivity contribution >= 4 is 25.4 Å². The van der Waals surface area contributed by atoms with Crippen molar-refractivity contribution in [3.63, 3.8) is 0 Å². The van der Waals surface area contributed by atoms with E-state index in [-0.39, 0.29) is 12.1 Å². The van der Waals surface area contributed by atoms with Gasteiger partial charge in [0.2, 0.25) is 0 Å². The van der Waals surface area contributed by atoms with E-state index in [1.807, 2.05) is 0 Å². The second kappa shape index (κ2) is 4.81. The van der Waals surface area contributed by atoms with E-state index in [9.17, 15) is 36.1 Å². The van der Waals surface area contributed by atoms with E-state index in [2.05, 4.69) is 4.74 Å². The summed E-state index contributed by atoms with van der Waals surface area (Å²) < 4.78 is 74.4. The first-order chi connectivity index (χ1) is 8.42. The van der Waals surface area contributed by atoms with Crippen LogP contribution in [0.25, 0.3) is 0 Å². The molecule has 0 radical (unpaired) electrons. The minimum Gasteiger partial charge on any atom is -0.401 e. The number of nitro groups is 1. The average molecular weight is 324 g/mol. The fourth-order valence-corrected chi connectivity index (χ4v) is 2.02.